The van der Waals surface area contributed by atoms with E-state index in [-0.39, 0.29) is 10.6 Å². The summed E-state index contributed by atoms with van der Waals surface area (Å²) in [7, 11) is -4.13. The minimum Gasteiger partial charge on any atom is -0.325 e. The van der Waals surface area contributed by atoms with E-state index in [9.17, 15) is 22.0 Å². The highest BCUT2D eigenvalue weighted by Crippen LogP contribution is 2.24. The summed E-state index contributed by atoms with van der Waals surface area (Å²) < 4.78 is 53.5. The maximum atomic E-state index is 13.2. The van der Waals surface area contributed by atoms with Crippen LogP contribution in [-0.4, -0.2) is 20.9 Å². The molecule has 5 nitrogen and oxygen atoms in total. The quantitative estimate of drug-likeness (QED) is 0.658. The molecule has 1 N–H and O–H groups in total. The average Bonchev–Trinajstić information content (AvgIpc) is 2.69. The number of hydrogen-bond donors (Lipinski definition) is 1. The first-order chi connectivity index (χ1) is 13.8. The maximum Gasteiger partial charge on any atom is 0.264 e. The molecule has 0 aliphatic rings. The molecule has 0 bridgehead atoms. The Morgan fingerprint density at radius 1 is 0.862 bits per heavy atom. The van der Waals surface area contributed by atoms with Gasteiger partial charge in [-0.1, -0.05) is 17.7 Å². The van der Waals surface area contributed by atoms with Gasteiger partial charge in [0, 0.05) is 5.69 Å². The van der Waals surface area contributed by atoms with E-state index in [2.05, 4.69) is 5.32 Å². The Hall–Kier alpha value is -3.26. The lowest BCUT2D eigenvalue weighted by Crippen LogP contribution is -2.38. The summed E-state index contributed by atoms with van der Waals surface area (Å²) in [6, 6.07) is 16.1. The lowest BCUT2D eigenvalue weighted by molar-refractivity contribution is -0.114. The highest BCUT2D eigenvalue weighted by atomic mass is 32.2. The van der Waals surface area contributed by atoms with Crippen molar-refractivity contribution >= 4 is 27.3 Å². The standard InChI is InChI=1S/C21H18F2N2O3S/c1-15-2-10-19(11-3-15)25(29(27,28)20-12-6-17(23)7-13-20)14-21(26)24-18-8-4-16(22)5-9-18/h2-13H,14H2,1H3,(H,24,26). The van der Waals surface area contributed by atoms with Crippen LogP contribution in [0.15, 0.2) is 77.7 Å². The largest absolute Gasteiger partial charge is 0.325 e. The molecule has 0 atom stereocenters. The summed E-state index contributed by atoms with van der Waals surface area (Å²) >= 11 is 0. The molecule has 0 fully saturated rings. The highest BCUT2D eigenvalue weighted by molar-refractivity contribution is 7.92. The van der Waals surface area contributed by atoms with Gasteiger partial charge in [-0.15, -0.1) is 0 Å². The summed E-state index contributed by atoms with van der Waals surface area (Å²) in [5.74, 6) is -1.63. The first-order valence-electron chi connectivity index (χ1n) is 8.66. The topological polar surface area (TPSA) is 66.5 Å². The summed E-state index contributed by atoms with van der Waals surface area (Å²) in [5, 5.41) is 2.54. The Bertz CT molecular complexity index is 1100. The fraction of sp³-hybridized carbons (Fsp3) is 0.0952. The number of aryl methyl sites for hydroxylation is 1. The summed E-state index contributed by atoms with van der Waals surface area (Å²) in [6.07, 6.45) is 0. The second-order valence-electron chi connectivity index (χ2n) is 6.36. The van der Waals surface area contributed by atoms with Crippen molar-refractivity contribution in [1.82, 2.24) is 0 Å². The second-order valence-corrected chi connectivity index (χ2v) is 8.22. The number of nitrogens with zero attached hydrogens (tertiary/aromatic N) is 1. The zero-order valence-corrected chi connectivity index (χ0v) is 16.3. The number of carbonyl (C=O) groups is 1. The molecule has 3 rings (SSSR count). The zero-order chi connectivity index (χ0) is 21.0. The van der Waals surface area contributed by atoms with Gasteiger partial charge in [0.25, 0.3) is 10.0 Å². The van der Waals surface area contributed by atoms with Crippen LogP contribution < -0.4 is 9.62 Å². The number of sulfonamides is 1. The smallest absolute Gasteiger partial charge is 0.264 e. The molecule has 0 aliphatic carbocycles. The molecule has 3 aromatic carbocycles. The highest BCUT2D eigenvalue weighted by Gasteiger charge is 2.27. The third kappa shape index (κ3) is 4.97. The van der Waals surface area contributed by atoms with Gasteiger partial charge in [-0.05, 0) is 67.6 Å². The molecule has 0 unspecified atom stereocenters. The molecule has 8 heteroatoms. The van der Waals surface area contributed by atoms with Crippen LogP contribution in [-0.2, 0) is 14.8 Å². The van der Waals surface area contributed by atoms with Gasteiger partial charge in [0.05, 0.1) is 10.6 Å². The van der Waals surface area contributed by atoms with E-state index in [4.69, 9.17) is 0 Å². The molecule has 0 saturated carbocycles. The van der Waals surface area contributed by atoms with Gasteiger partial charge in [-0.25, -0.2) is 17.2 Å². The van der Waals surface area contributed by atoms with Crippen LogP contribution >= 0.6 is 0 Å². The van der Waals surface area contributed by atoms with Crippen LogP contribution in [0.2, 0.25) is 0 Å². The van der Waals surface area contributed by atoms with E-state index in [1.54, 1.807) is 24.3 Å². The molecule has 0 aromatic heterocycles. The first-order valence-corrected chi connectivity index (χ1v) is 10.1. The normalized spacial score (nSPS) is 11.1. The van der Waals surface area contributed by atoms with Crippen molar-refractivity contribution in [3.63, 3.8) is 0 Å². The predicted octanol–water partition coefficient (Wildman–Crippen LogP) is 4.11. The Labute approximate surface area is 167 Å². The van der Waals surface area contributed by atoms with Gasteiger partial charge < -0.3 is 5.32 Å². The van der Waals surface area contributed by atoms with Crippen LogP contribution in [0.4, 0.5) is 20.2 Å². The maximum absolute atomic E-state index is 13.2. The van der Waals surface area contributed by atoms with E-state index in [1.807, 2.05) is 6.92 Å². The molecule has 0 radical (unpaired) electrons. The number of hydrogen-bond acceptors (Lipinski definition) is 3. The predicted molar refractivity (Wildman–Crippen MR) is 107 cm³/mol. The van der Waals surface area contributed by atoms with Crippen LogP contribution in [0.1, 0.15) is 5.56 Å². The minimum absolute atomic E-state index is 0.144. The molecular weight excluding hydrogens is 398 g/mol. The van der Waals surface area contributed by atoms with Gasteiger partial charge in [-0.2, -0.15) is 0 Å². The lowest BCUT2D eigenvalue weighted by atomic mass is 10.2. The van der Waals surface area contributed by atoms with Crippen molar-refractivity contribution in [1.29, 1.82) is 0 Å². The monoisotopic (exact) mass is 416 g/mol. The van der Waals surface area contributed by atoms with Crippen LogP contribution in [0.5, 0.6) is 0 Å². The van der Waals surface area contributed by atoms with Crippen molar-refractivity contribution in [2.45, 2.75) is 11.8 Å². The molecular formula is C21H18F2N2O3S. The van der Waals surface area contributed by atoms with Crippen molar-refractivity contribution in [2.24, 2.45) is 0 Å². The number of carbonyl (C=O) groups excluding carboxylic acids is 1. The minimum atomic E-state index is -4.13. The van der Waals surface area contributed by atoms with E-state index in [0.29, 0.717) is 5.69 Å². The van der Waals surface area contributed by atoms with E-state index in [1.165, 1.54) is 24.3 Å². The molecule has 0 spiro atoms. The van der Waals surface area contributed by atoms with Gasteiger partial charge >= 0.3 is 0 Å². The second kappa shape index (κ2) is 8.40. The van der Waals surface area contributed by atoms with Crippen molar-refractivity contribution in [2.75, 3.05) is 16.2 Å². The lowest BCUT2D eigenvalue weighted by Gasteiger charge is -2.24. The van der Waals surface area contributed by atoms with E-state index < -0.39 is 34.1 Å². The van der Waals surface area contributed by atoms with E-state index >= 15 is 0 Å². The summed E-state index contributed by atoms with van der Waals surface area (Å²) in [6.45, 7) is 1.34. The zero-order valence-electron chi connectivity index (χ0n) is 15.5. The Morgan fingerprint density at radius 2 is 1.38 bits per heavy atom. The number of rotatable bonds is 6. The third-order valence-corrected chi connectivity index (χ3v) is 5.93. The number of nitrogens with one attached hydrogen (secondary N) is 1. The van der Waals surface area contributed by atoms with Gasteiger partial charge in [0.2, 0.25) is 5.91 Å². The number of amides is 1. The fourth-order valence-corrected chi connectivity index (χ4v) is 4.05. The molecule has 3 aromatic rings. The van der Waals surface area contributed by atoms with Crippen molar-refractivity contribution in [3.8, 4) is 0 Å². The van der Waals surface area contributed by atoms with Crippen LogP contribution in [0, 0.1) is 18.6 Å². The molecule has 0 aliphatic heterocycles. The Kier molecular flexibility index (Phi) is 5.93. The van der Waals surface area contributed by atoms with Gasteiger partial charge in [0.15, 0.2) is 0 Å². The first kappa shape index (κ1) is 20.5. The third-order valence-electron chi connectivity index (χ3n) is 4.14. The number of anilines is 2. The molecule has 1 amide bonds. The molecule has 0 saturated heterocycles. The van der Waals surface area contributed by atoms with Crippen molar-refractivity contribution in [3.05, 3.63) is 90.0 Å². The van der Waals surface area contributed by atoms with Gasteiger partial charge in [-0.3, -0.25) is 9.10 Å². The molecule has 29 heavy (non-hydrogen) atoms. The molecule has 0 heterocycles. The van der Waals surface area contributed by atoms with Gasteiger partial charge in [0.1, 0.15) is 18.2 Å². The van der Waals surface area contributed by atoms with E-state index in [0.717, 1.165) is 34.1 Å². The van der Waals surface area contributed by atoms with Crippen LogP contribution in [0.3, 0.4) is 0 Å². The van der Waals surface area contributed by atoms with Crippen LogP contribution in [0.25, 0.3) is 0 Å². The molecule has 150 valence electrons. The van der Waals surface area contributed by atoms with Crippen molar-refractivity contribution < 1.29 is 22.0 Å². The SMILES string of the molecule is Cc1ccc(N(CC(=O)Nc2ccc(F)cc2)S(=O)(=O)c2ccc(F)cc2)cc1. The number of benzene rings is 3. The average molecular weight is 416 g/mol. The number of halogens is 2. The Morgan fingerprint density at radius 3 is 1.93 bits per heavy atom. The summed E-state index contributed by atoms with van der Waals surface area (Å²) in [4.78, 5) is 12.4. The summed E-state index contributed by atoms with van der Waals surface area (Å²) in [5.41, 5.74) is 1.54. The Balaban J connectivity index is 1.92. The fourth-order valence-electron chi connectivity index (χ4n) is 2.62.